The predicted molar refractivity (Wildman–Crippen MR) is 122 cm³/mol. The van der Waals surface area contributed by atoms with E-state index in [0.717, 1.165) is 0 Å². The van der Waals surface area contributed by atoms with Gasteiger partial charge in [-0.25, -0.2) is 9.13 Å². The van der Waals surface area contributed by atoms with E-state index in [0.29, 0.717) is 0 Å². The van der Waals surface area contributed by atoms with Crippen LogP contribution in [0.4, 0.5) is 0 Å². The van der Waals surface area contributed by atoms with Gasteiger partial charge in [-0.1, -0.05) is 0 Å². The number of hydrogen-bond donors (Lipinski definition) is 5. The molecule has 216 valence electrons. The SMILES string of the molecule is C[P+](=O)OCC12COP(=O)(OC1)OC2.O=[P+](O)OCC12COP(=O)(OC1)OC2.OCC(CO)(CO)CO. The Morgan fingerprint density at radius 1 is 0.703 bits per heavy atom. The molecule has 6 aliphatic heterocycles. The van der Waals surface area contributed by atoms with Crippen LogP contribution >= 0.6 is 31.9 Å². The highest BCUT2D eigenvalue weighted by Gasteiger charge is 2.53. The maximum absolute atomic E-state index is 11.4. The van der Waals surface area contributed by atoms with Crippen molar-refractivity contribution in [1.82, 2.24) is 0 Å². The normalized spacial score (nSPS) is 35.1. The van der Waals surface area contributed by atoms with Gasteiger partial charge in [0.05, 0.1) is 82.3 Å². The van der Waals surface area contributed by atoms with Crippen LogP contribution in [0.15, 0.2) is 0 Å². The van der Waals surface area contributed by atoms with E-state index in [-0.39, 0.29) is 52.9 Å². The Kier molecular flexibility index (Phi) is 12.8. The second kappa shape index (κ2) is 14.2. The van der Waals surface area contributed by atoms with Crippen molar-refractivity contribution in [3.8, 4) is 0 Å². The fraction of sp³-hybridized carbons (Fsp3) is 1.00. The third-order valence-corrected chi connectivity index (χ3v) is 9.06. The molecule has 6 heterocycles. The van der Waals surface area contributed by atoms with E-state index in [1.54, 1.807) is 0 Å². The average molecular weight is 620 g/mol. The van der Waals surface area contributed by atoms with Gasteiger partial charge < -0.3 is 20.4 Å². The number of aliphatic hydroxyl groups excluding tert-OH is 4. The molecular weight excluding hydrogens is 588 g/mol. The highest BCUT2D eigenvalue weighted by molar-refractivity contribution is 7.48. The molecule has 0 amide bonds. The Labute approximate surface area is 214 Å². The molecule has 0 aromatic carbocycles. The van der Waals surface area contributed by atoms with Gasteiger partial charge in [0.15, 0.2) is 6.66 Å². The predicted octanol–water partition coefficient (Wildman–Crippen LogP) is 0.313. The Morgan fingerprint density at radius 3 is 1.22 bits per heavy atom. The topological polar surface area (TPSA) is 243 Å². The Bertz CT molecular complexity index is 739. The molecular formula is C16H32O17P4+2. The van der Waals surface area contributed by atoms with Crippen LogP contribution in [0.2, 0.25) is 0 Å². The van der Waals surface area contributed by atoms with Crippen LogP contribution in [0.1, 0.15) is 0 Å². The van der Waals surface area contributed by atoms with Crippen LogP contribution in [-0.4, -0.2) is 111 Å². The van der Waals surface area contributed by atoms with E-state index in [1.807, 2.05) is 0 Å². The summed E-state index contributed by atoms with van der Waals surface area (Å²) < 4.78 is 82.7. The lowest BCUT2D eigenvalue weighted by atomic mass is 9.93. The fourth-order valence-electron chi connectivity index (χ4n) is 2.74. The maximum Gasteiger partial charge on any atom is 0.694 e. The summed E-state index contributed by atoms with van der Waals surface area (Å²) >= 11 is 0. The van der Waals surface area contributed by atoms with Crippen molar-refractivity contribution in [1.29, 1.82) is 0 Å². The molecule has 2 atom stereocenters. The average Bonchev–Trinajstić information content (AvgIpc) is 2.91. The lowest BCUT2D eigenvalue weighted by Crippen LogP contribution is -2.47. The molecule has 4 bridgehead atoms. The standard InChI is InChI=1S/C6H11O6P2.C5H8O7P2.C5H12O4/c1-13(7)9-2-6-3-10-14(8,11-4-6)12-5-6;6-13(7)9-1-5-2-10-14(8,11-3-5)12-4-5;6-1-5(2-7,3-8)4-9/h2-5H2,1H3;1-4H2;6-9H,1-4H2/q+1;;/p+1. The molecule has 6 fully saturated rings. The van der Waals surface area contributed by atoms with Gasteiger partial charge in [-0.3, -0.25) is 27.1 Å². The van der Waals surface area contributed by atoms with Crippen molar-refractivity contribution in [3.63, 3.8) is 0 Å². The summed E-state index contributed by atoms with van der Waals surface area (Å²) in [6, 6.07) is 0. The van der Waals surface area contributed by atoms with Crippen LogP contribution in [0, 0.1) is 16.2 Å². The zero-order chi connectivity index (χ0) is 27.8. The summed E-state index contributed by atoms with van der Waals surface area (Å²) in [7, 11) is -10.8. The minimum Gasteiger partial charge on any atom is -0.396 e. The summed E-state index contributed by atoms with van der Waals surface area (Å²) in [5.74, 6) is 0. The van der Waals surface area contributed by atoms with Gasteiger partial charge in [0.2, 0.25) is 0 Å². The second-order valence-electron chi connectivity index (χ2n) is 8.89. The van der Waals surface area contributed by atoms with Crippen LogP contribution in [0.5, 0.6) is 0 Å². The number of rotatable bonds is 10. The highest BCUT2D eigenvalue weighted by Crippen LogP contribution is 2.61. The molecule has 6 rings (SSSR count). The molecule has 37 heavy (non-hydrogen) atoms. The summed E-state index contributed by atoms with van der Waals surface area (Å²) in [6.45, 7) is 1.37. The molecule has 2 unspecified atom stereocenters. The minimum atomic E-state index is -3.31. The minimum absolute atomic E-state index is 0.0152. The summed E-state index contributed by atoms with van der Waals surface area (Å²) in [4.78, 5) is 8.47. The first-order valence-corrected chi connectivity index (χ1v) is 16.3. The molecule has 21 heteroatoms. The van der Waals surface area contributed by atoms with Crippen molar-refractivity contribution < 1.29 is 79.8 Å². The second-order valence-corrected chi connectivity index (χ2v) is 14.1. The van der Waals surface area contributed by atoms with E-state index in [4.69, 9.17) is 57.0 Å². The zero-order valence-corrected chi connectivity index (χ0v) is 23.5. The zero-order valence-electron chi connectivity index (χ0n) is 19.9. The molecule has 6 aliphatic rings. The van der Waals surface area contributed by atoms with Crippen LogP contribution in [-0.2, 0) is 54.5 Å². The van der Waals surface area contributed by atoms with Gasteiger partial charge in [-0.15, -0.1) is 13.9 Å². The molecule has 0 saturated carbocycles. The largest absolute Gasteiger partial charge is 0.694 e. The summed E-state index contributed by atoms with van der Waals surface area (Å²) in [5.41, 5.74) is -2.17. The fourth-order valence-corrected chi connectivity index (χ4v) is 6.62. The molecule has 0 aromatic rings. The van der Waals surface area contributed by atoms with Crippen molar-refractivity contribution in [3.05, 3.63) is 0 Å². The van der Waals surface area contributed by atoms with Crippen molar-refractivity contribution in [2.75, 3.05) is 85.9 Å². The number of phosphoric ester groups is 2. The third kappa shape index (κ3) is 9.63. The molecule has 0 radical (unpaired) electrons. The molecule has 5 N–H and O–H groups in total. The number of hydrogen-bond acceptors (Lipinski definition) is 16. The van der Waals surface area contributed by atoms with Gasteiger partial charge >= 0.3 is 31.9 Å². The smallest absolute Gasteiger partial charge is 0.396 e. The summed E-state index contributed by atoms with van der Waals surface area (Å²) in [5, 5.41) is 34.0. The quantitative estimate of drug-likeness (QED) is 0.206. The molecule has 0 spiro atoms. The van der Waals surface area contributed by atoms with Gasteiger partial charge in [0, 0.05) is 4.57 Å². The van der Waals surface area contributed by atoms with Crippen molar-refractivity contribution in [2.24, 2.45) is 16.2 Å². The van der Waals surface area contributed by atoms with E-state index in [9.17, 15) is 18.3 Å². The lowest BCUT2D eigenvalue weighted by molar-refractivity contribution is -0.110. The lowest BCUT2D eigenvalue weighted by Gasteiger charge is -2.42. The van der Waals surface area contributed by atoms with Crippen LogP contribution < -0.4 is 0 Å². The number of phosphoric acid groups is 2. The highest BCUT2D eigenvalue weighted by atomic mass is 31.2. The Morgan fingerprint density at radius 2 is 1.00 bits per heavy atom. The maximum atomic E-state index is 11.4. The first-order valence-electron chi connectivity index (χ1n) is 10.7. The van der Waals surface area contributed by atoms with Crippen LogP contribution in [0.3, 0.4) is 0 Å². The monoisotopic (exact) mass is 620 g/mol. The first-order chi connectivity index (χ1) is 17.3. The van der Waals surface area contributed by atoms with Gasteiger partial charge in [0.1, 0.15) is 13.2 Å². The van der Waals surface area contributed by atoms with E-state index in [1.165, 1.54) is 6.66 Å². The number of aliphatic hydroxyl groups is 4. The van der Waals surface area contributed by atoms with Gasteiger partial charge in [-0.05, 0) is 4.57 Å². The first kappa shape index (κ1) is 33.3. The Hall–Kier alpha value is 0.140. The summed E-state index contributed by atoms with van der Waals surface area (Å²) in [6.07, 6.45) is 0. The van der Waals surface area contributed by atoms with Gasteiger partial charge in [0.25, 0.3) is 0 Å². The van der Waals surface area contributed by atoms with Crippen molar-refractivity contribution in [2.45, 2.75) is 0 Å². The molecule has 0 aliphatic carbocycles. The molecule has 6 saturated heterocycles. The van der Waals surface area contributed by atoms with E-state index in [2.05, 4.69) is 4.52 Å². The van der Waals surface area contributed by atoms with E-state index >= 15 is 0 Å². The molecule has 0 aromatic heterocycles. The van der Waals surface area contributed by atoms with Crippen LogP contribution in [0.25, 0.3) is 0 Å². The van der Waals surface area contributed by atoms with Gasteiger partial charge in [-0.2, -0.15) is 0 Å². The number of fused-ring (bicyclic) bond motifs is 6. The third-order valence-electron chi connectivity index (χ3n) is 5.55. The van der Waals surface area contributed by atoms with E-state index < -0.39 is 74.6 Å². The Balaban J connectivity index is 0.000000201. The molecule has 17 nitrogen and oxygen atoms in total. The van der Waals surface area contributed by atoms with Crippen molar-refractivity contribution >= 4 is 31.9 Å².